The van der Waals surface area contributed by atoms with E-state index in [9.17, 15) is 29.3 Å². The lowest BCUT2D eigenvalue weighted by Gasteiger charge is -2.25. The number of fused-ring (bicyclic) bond motifs is 1. The smallest absolute Gasteiger partial charge is 0.394 e. The molecule has 3 aromatic heterocycles. The van der Waals surface area contributed by atoms with E-state index in [2.05, 4.69) is 24.9 Å². The van der Waals surface area contributed by atoms with Gasteiger partial charge in [-0.2, -0.15) is 9.97 Å². The third-order valence-electron chi connectivity index (χ3n) is 6.72. The molecular formula is C20H28N9O12P. The number of phosphoric ester groups is 1. The highest BCUT2D eigenvalue weighted by Crippen LogP contribution is 2.49. The van der Waals surface area contributed by atoms with E-state index in [0.29, 0.717) is 0 Å². The summed E-state index contributed by atoms with van der Waals surface area (Å²) in [7, 11) is -2.42. The van der Waals surface area contributed by atoms with Crippen LogP contribution in [-0.4, -0.2) is 113 Å². The SMILES string of the molecule is COC1C(O)C(COP(=O)(O)OC2C(CO)OC(n3cnc4c(=O)[nH]c(N)nc43)C2OC)OC1n1cnc(N)nc1=O. The summed E-state index contributed by atoms with van der Waals surface area (Å²) in [6, 6.07) is 0. The second kappa shape index (κ2) is 11.7. The second-order valence-electron chi connectivity index (χ2n) is 9.22. The van der Waals surface area contributed by atoms with Gasteiger partial charge in [-0.3, -0.25) is 28.0 Å². The van der Waals surface area contributed by atoms with Gasteiger partial charge in [0.15, 0.2) is 23.6 Å². The van der Waals surface area contributed by atoms with Crippen LogP contribution in [-0.2, 0) is 32.6 Å². The molecule has 2 aliphatic heterocycles. The van der Waals surface area contributed by atoms with Gasteiger partial charge in [0.05, 0.1) is 19.5 Å². The highest BCUT2D eigenvalue weighted by atomic mass is 31.2. The van der Waals surface area contributed by atoms with Crippen LogP contribution in [0, 0.1) is 0 Å². The van der Waals surface area contributed by atoms with E-state index >= 15 is 0 Å². The molecule has 2 fully saturated rings. The topological polar surface area (TPSA) is 297 Å². The Morgan fingerprint density at radius 3 is 2.36 bits per heavy atom. The van der Waals surface area contributed by atoms with Crippen LogP contribution in [0.3, 0.4) is 0 Å². The standard InChI is InChI=1S/C20H28N9O12P/c1-36-12-10(31)8(40-16(12)29-6-24-18(21)27-20(29)33)4-38-42(34,35)41-11-7(3-30)39-17(13(11)37-2)28-5-23-9-14(28)25-19(22)26-15(9)32/h5-8,10-13,16-17,30-31H,3-4H2,1-2H3,(H,34,35)(H2,21,27,33)(H3,22,25,26,32). The van der Waals surface area contributed by atoms with E-state index in [1.54, 1.807) is 0 Å². The molecule has 3 aromatic rings. The molecule has 0 radical (unpaired) electrons. The number of nitrogens with zero attached hydrogens (tertiary/aromatic N) is 6. The number of nitrogens with two attached hydrogens (primary N) is 2. The molecule has 2 aliphatic rings. The molecule has 0 amide bonds. The predicted molar refractivity (Wildman–Crippen MR) is 136 cm³/mol. The number of aliphatic hydroxyl groups is 2. The average Bonchev–Trinajstić information content (AvgIpc) is 3.60. The largest absolute Gasteiger partial charge is 0.472 e. The summed E-state index contributed by atoms with van der Waals surface area (Å²) in [6.45, 7) is -1.35. The number of methoxy groups -OCH3 is 2. The van der Waals surface area contributed by atoms with Crippen molar-refractivity contribution >= 4 is 30.9 Å². The molecule has 9 atom stereocenters. The summed E-state index contributed by atoms with van der Waals surface area (Å²) in [6.07, 6.45) is -7.57. The van der Waals surface area contributed by atoms with Crippen LogP contribution in [0.5, 0.6) is 0 Å². The van der Waals surface area contributed by atoms with Crippen molar-refractivity contribution < 1.29 is 47.7 Å². The van der Waals surface area contributed by atoms with Crippen molar-refractivity contribution in [1.82, 2.24) is 34.1 Å². The number of H-pyrrole nitrogens is 1. The highest BCUT2D eigenvalue weighted by Gasteiger charge is 2.51. The van der Waals surface area contributed by atoms with Crippen molar-refractivity contribution in [2.24, 2.45) is 0 Å². The van der Waals surface area contributed by atoms with Gasteiger partial charge in [-0.25, -0.2) is 19.3 Å². The molecule has 8 N–H and O–H groups in total. The van der Waals surface area contributed by atoms with Crippen LogP contribution in [0.1, 0.15) is 12.5 Å². The molecule has 21 nitrogen and oxygen atoms in total. The Morgan fingerprint density at radius 1 is 1.02 bits per heavy atom. The van der Waals surface area contributed by atoms with Crippen LogP contribution in [0.4, 0.5) is 11.9 Å². The van der Waals surface area contributed by atoms with Crippen molar-refractivity contribution in [3.8, 4) is 0 Å². The number of aromatic amines is 1. The Balaban J connectivity index is 1.31. The van der Waals surface area contributed by atoms with Crippen molar-refractivity contribution in [3.63, 3.8) is 0 Å². The number of rotatable bonds is 10. The molecule has 42 heavy (non-hydrogen) atoms. The first-order chi connectivity index (χ1) is 20.0. The minimum atomic E-state index is -4.95. The van der Waals surface area contributed by atoms with Gasteiger partial charge in [-0.15, -0.1) is 0 Å². The van der Waals surface area contributed by atoms with E-state index < -0.39 is 81.4 Å². The van der Waals surface area contributed by atoms with Gasteiger partial charge in [-0.05, 0) is 0 Å². The first-order valence-electron chi connectivity index (χ1n) is 12.2. The zero-order valence-electron chi connectivity index (χ0n) is 22.0. The van der Waals surface area contributed by atoms with E-state index in [4.69, 9.17) is 39.5 Å². The number of hydrogen-bond acceptors (Lipinski definition) is 17. The van der Waals surface area contributed by atoms with Crippen molar-refractivity contribution in [2.45, 2.75) is 49.1 Å². The summed E-state index contributed by atoms with van der Waals surface area (Å²) >= 11 is 0. The minimum Gasteiger partial charge on any atom is -0.394 e. The molecule has 0 spiro atoms. The van der Waals surface area contributed by atoms with Gasteiger partial charge in [-0.1, -0.05) is 0 Å². The van der Waals surface area contributed by atoms with E-state index in [0.717, 1.165) is 10.9 Å². The molecule has 0 bridgehead atoms. The number of hydrogen-bond donors (Lipinski definition) is 6. The monoisotopic (exact) mass is 617 g/mol. The summed E-state index contributed by atoms with van der Waals surface area (Å²) < 4.78 is 47.9. The Morgan fingerprint density at radius 2 is 1.69 bits per heavy atom. The fourth-order valence-corrected chi connectivity index (χ4v) is 5.76. The summed E-state index contributed by atoms with van der Waals surface area (Å²) in [4.78, 5) is 52.6. The van der Waals surface area contributed by atoms with Gasteiger partial charge in [0, 0.05) is 14.2 Å². The number of nitrogen functional groups attached to an aromatic ring is 2. The van der Waals surface area contributed by atoms with Crippen molar-refractivity contribution in [3.05, 3.63) is 33.5 Å². The predicted octanol–water partition coefficient (Wildman–Crippen LogP) is -3.38. The maximum Gasteiger partial charge on any atom is 0.472 e. The maximum absolute atomic E-state index is 13.0. The number of aromatic nitrogens is 7. The zero-order valence-corrected chi connectivity index (χ0v) is 22.9. The first kappa shape index (κ1) is 30.1. The van der Waals surface area contributed by atoms with Gasteiger partial charge in [0.2, 0.25) is 11.9 Å². The molecule has 5 rings (SSSR count). The lowest BCUT2D eigenvalue weighted by Crippen LogP contribution is -2.38. The van der Waals surface area contributed by atoms with Crippen LogP contribution in [0.2, 0.25) is 0 Å². The Hall–Kier alpha value is -3.37. The maximum atomic E-state index is 13.0. The van der Waals surface area contributed by atoms with Crippen LogP contribution in [0.25, 0.3) is 11.2 Å². The average molecular weight is 617 g/mol. The molecule has 2 saturated heterocycles. The Bertz CT molecular complexity index is 1600. The van der Waals surface area contributed by atoms with Crippen LogP contribution >= 0.6 is 7.82 Å². The highest BCUT2D eigenvalue weighted by molar-refractivity contribution is 7.47. The van der Waals surface area contributed by atoms with Gasteiger partial charge >= 0.3 is 13.5 Å². The Kier molecular flexibility index (Phi) is 8.40. The third-order valence-corrected chi connectivity index (χ3v) is 7.71. The molecule has 5 heterocycles. The van der Waals surface area contributed by atoms with E-state index in [1.165, 1.54) is 25.1 Å². The number of phosphoric acid groups is 1. The third kappa shape index (κ3) is 5.54. The number of anilines is 2. The van der Waals surface area contributed by atoms with Crippen molar-refractivity contribution in [1.29, 1.82) is 0 Å². The van der Waals surface area contributed by atoms with E-state index in [-0.39, 0.29) is 23.1 Å². The minimum absolute atomic E-state index is 0.0318. The number of nitrogens with one attached hydrogen (secondary N) is 1. The molecule has 230 valence electrons. The summed E-state index contributed by atoms with van der Waals surface area (Å²) in [5, 5.41) is 20.6. The normalized spacial score (nSPS) is 31.1. The van der Waals surface area contributed by atoms with Crippen LogP contribution in [0.15, 0.2) is 22.2 Å². The molecule has 22 heteroatoms. The fraction of sp³-hybridized carbons (Fsp3) is 0.600. The lowest BCUT2D eigenvalue weighted by atomic mass is 10.1. The number of ether oxygens (including phenoxy) is 4. The quantitative estimate of drug-likeness (QED) is 0.121. The van der Waals surface area contributed by atoms with Gasteiger partial charge in [0.25, 0.3) is 5.56 Å². The molecule has 0 aliphatic carbocycles. The number of imidazole rings is 1. The number of aliphatic hydroxyl groups excluding tert-OH is 2. The van der Waals surface area contributed by atoms with Crippen molar-refractivity contribution in [2.75, 3.05) is 38.9 Å². The lowest BCUT2D eigenvalue weighted by molar-refractivity contribution is -0.0665. The fourth-order valence-electron chi connectivity index (χ4n) is 4.80. The molecule has 9 unspecified atom stereocenters. The molecule has 0 saturated carbocycles. The first-order valence-corrected chi connectivity index (χ1v) is 13.7. The van der Waals surface area contributed by atoms with E-state index in [1.807, 2.05) is 0 Å². The molecular weight excluding hydrogens is 589 g/mol. The Labute approximate surface area is 234 Å². The van der Waals surface area contributed by atoms with Gasteiger partial charge in [0.1, 0.15) is 43.0 Å². The van der Waals surface area contributed by atoms with Gasteiger partial charge < -0.3 is 45.5 Å². The summed E-state index contributed by atoms with van der Waals surface area (Å²) in [5.41, 5.74) is 9.61. The zero-order chi connectivity index (χ0) is 30.3. The summed E-state index contributed by atoms with van der Waals surface area (Å²) in [5.74, 6) is -0.463. The van der Waals surface area contributed by atoms with Crippen LogP contribution < -0.4 is 22.7 Å². The molecule has 0 aromatic carbocycles. The second-order valence-corrected chi connectivity index (χ2v) is 10.6.